The van der Waals surface area contributed by atoms with Crippen molar-refractivity contribution in [3.63, 3.8) is 0 Å². The molecule has 6 heteroatoms. The molecule has 1 aliphatic carbocycles. The van der Waals surface area contributed by atoms with E-state index < -0.39 is 0 Å². The molecule has 2 N–H and O–H groups in total. The summed E-state index contributed by atoms with van der Waals surface area (Å²) in [5.41, 5.74) is 3.88. The van der Waals surface area contributed by atoms with Crippen molar-refractivity contribution in [1.29, 1.82) is 0 Å². The monoisotopic (exact) mass is 513 g/mol. The molecule has 0 bridgehead atoms. The number of rotatable bonds is 5. The number of anilines is 1. The van der Waals surface area contributed by atoms with Crippen LogP contribution in [0.5, 0.6) is 0 Å². The maximum atomic E-state index is 4.45. The molecule has 0 unspecified atom stereocenters. The zero-order valence-electron chi connectivity index (χ0n) is 18.7. The zero-order valence-corrected chi connectivity index (χ0v) is 21.0. The first-order chi connectivity index (χ1) is 13.6. The number of guanidine groups is 1. The molecule has 5 nitrogen and oxygen atoms in total. The largest absolute Gasteiger partial charge is 0.378 e. The summed E-state index contributed by atoms with van der Waals surface area (Å²) in [5, 5.41) is 7.16. The van der Waals surface area contributed by atoms with Crippen LogP contribution < -0.4 is 15.5 Å². The molecule has 1 aromatic rings. The second kappa shape index (κ2) is 12.0. The smallest absolute Gasteiger partial charge is 0.191 e. The molecule has 0 aromatic heterocycles. The molecule has 1 aliphatic heterocycles. The minimum Gasteiger partial charge on any atom is -0.378 e. The lowest BCUT2D eigenvalue weighted by atomic mass is 9.92. The Morgan fingerprint density at radius 2 is 1.79 bits per heavy atom. The van der Waals surface area contributed by atoms with E-state index >= 15 is 0 Å². The van der Waals surface area contributed by atoms with Crippen molar-refractivity contribution in [2.24, 2.45) is 4.99 Å². The Morgan fingerprint density at radius 1 is 1.10 bits per heavy atom. The van der Waals surface area contributed by atoms with Gasteiger partial charge in [-0.3, -0.25) is 4.99 Å². The van der Waals surface area contributed by atoms with Crippen molar-refractivity contribution in [2.45, 2.75) is 70.5 Å². The molecule has 29 heavy (non-hydrogen) atoms. The molecule has 2 fully saturated rings. The summed E-state index contributed by atoms with van der Waals surface area (Å²) in [7, 11) is 6.03. The average molecular weight is 514 g/mol. The Balaban J connectivity index is 0.00000300. The number of likely N-dealkylation sites (tertiary alicyclic amines) is 1. The highest BCUT2D eigenvalue weighted by atomic mass is 127. The summed E-state index contributed by atoms with van der Waals surface area (Å²) in [6.07, 6.45) is 9.54. The van der Waals surface area contributed by atoms with E-state index in [0.717, 1.165) is 18.5 Å². The minimum atomic E-state index is 0. The summed E-state index contributed by atoms with van der Waals surface area (Å²) in [6.45, 7) is 5.44. The Hall–Kier alpha value is -1.02. The number of piperidine rings is 1. The highest BCUT2D eigenvalue weighted by Gasteiger charge is 2.26. The third-order valence-corrected chi connectivity index (χ3v) is 6.47. The number of aryl methyl sites for hydroxylation is 1. The van der Waals surface area contributed by atoms with Crippen LogP contribution in [-0.4, -0.2) is 57.2 Å². The Kier molecular flexibility index (Phi) is 10.0. The predicted molar refractivity (Wildman–Crippen MR) is 136 cm³/mol. The van der Waals surface area contributed by atoms with Gasteiger partial charge in [-0.05, 0) is 55.9 Å². The molecule has 3 rings (SSSR count). The van der Waals surface area contributed by atoms with E-state index in [1.807, 2.05) is 7.05 Å². The lowest BCUT2D eigenvalue weighted by Gasteiger charge is -2.39. The topological polar surface area (TPSA) is 42.9 Å². The van der Waals surface area contributed by atoms with Crippen LogP contribution in [0.3, 0.4) is 0 Å². The quantitative estimate of drug-likeness (QED) is 0.353. The van der Waals surface area contributed by atoms with Gasteiger partial charge in [0.2, 0.25) is 0 Å². The maximum Gasteiger partial charge on any atom is 0.191 e. The highest BCUT2D eigenvalue weighted by molar-refractivity contribution is 14.0. The highest BCUT2D eigenvalue weighted by Crippen LogP contribution is 2.25. The fraction of sp³-hybridized carbons (Fsp3) is 0.696. The summed E-state index contributed by atoms with van der Waals surface area (Å²) in [5.74, 6) is 0.923. The van der Waals surface area contributed by atoms with Gasteiger partial charge in [0, 0.05) is 58.5 Å². The fourth-order valence-electron chi connectivity index (χ4n) is 4.58. The van der Waals surface area contributed by atoms with E-state index in [9.17, 15) is 0 Å². The van der Waals surface area contributed by atoms with E-state index in [1.54, 1.807) is 0 Å². The van der Waals surface area contributed by atoms with Crippen molar-refractivity contribution in [2.75, 3.05) is 39.1 Å². The second-order valence-electron chi connectivity index (χ2n) is 8.68. The van der Waals surface area contributed by atoms with E-state index in [-0.39, 0.29) is 24.0 Å². The van der Waals surface area contributed by atoms with Gasteiger partial charge in [-0.2, -0.15) is 0 Å². The summed E-state index contributed by atoms with van der Waals surface area (Å²) in [6, 6.07) is 8.02. The van der Waals surface area contributed by atoms with E-state index in [4.69, 9.17) is 0 Å². The second-order valence-corrected chi connectivity index (χ2v) is 8.68. The van der Waals surface area contributed by atoms with Crippen LogP contribution in [0.15, 0.2) is 23.2 Å². The Labute approximate surface area is 194 Å². The van der Waals surface area contributed by atoms with Gasteiger partial charge in [-0.1, -0.05) is 25.3 Å². The molecule has 0 radical (unpaired) electrons. The first-order valence-electron chi connectivity index (χ1n) is 11.0. The van der Waals surface area contributed by atoms with Crippen LogP contribution in [0.4, 0.5) is 5.69 Å². The van der Waals surface area contributed by atoms with Crippen LogP contribution in [-0.2, 0) is 6.54 Å². The number of halogens is 1. The third-order valence-electron chi connectivity index (χ3n) is 6.47. The van der Waals surface area contributed by atoms with Gasteiger partial charge < -0.3 is 20.4 Å². The number of nitrogens with zero attached hydrogens (tertiary/aromatic N) is 3. The first kappa shape index (κ1) is 24.3. The number of hydrogen-bond acceptors (Lipinski definition) is 3. The Morgan fingerprint density at radius 3 is 2.38 bits per heavy atom. The van der Waals surface area contributed by atoms with Crippen molar-refractivity contribution in [3.8, 4) is 0 Å². The summed E-state index contributed by atoms with van der Waals surface area (Å²) < 4.78 is 0. The van der Waals surface area contributed by atoms with E-state index in [2.05, 4.69) is 64.6 Å². The molecule has 0 spiro atoms. The van der Waals surface area contributed by atoms with E-state index in [0.29, 0.717) is 6.04 Å². The van der Waals surface area contributed by atoms with Gasteiger partial charge in [0.25, 0.3) is 0 Å². The van der Waals surface area contributed by atoms with Crippen LogP contribution in [0, 0.1) is 6.92 Å². The number of benzene rings is 1. The van der Waals surface area contributed by atoms with Crippen LogP contribution in [0.2, 0.25) is 0 Å². The molecular formula is C23H40IN5. The lowest BCUT2D eigenvalue weighted by Crippen LogP contribution is -2.50. The predicted octanol–water partition coefficient (Wildman–Crippen LogP) is 4.14. The number of aliphatic imine (C=N–C) groups is 1. The van der Waals surface area contributed by atoms with Crippen molar-refractivity contribution >= 4 is 35.6 Å². The van der Waals surface area contributed by atoms with Crippen LogP contribution >= 0.6 is 24.0 Å². The molecule has 1 saturated carbocycles. The standard InChI is InChI=1S/C23H39N5.HI/c1-18-16-22(27(3)4)11-10-19(18)17-25-23(24-2)26-20-12-14-28(15-13-20)21-8-6-5-7-9-21;/h10-11,16,20-21H,5-9,12-15,17H2,1-4H3,(H2,24,25,26);1H. The van der Waals surface area contributed by atoms with Crippen LogP contribution in [0.25, 0.3) is 0 Å². The zero-order chi connectivity index (χ0) is 19.9. The molecule has 0 amide bonds. The van der Waals surface area contributed by atoms with E-state index in [1.165, 1.54) is 74.8 Å². The number of nitrogens with one attached hydrogen (secondary N) is 2. The molecular weight excluding hydrogens is 473 g/mol. The molecule has 1 aromatic carbocycles. The lowest BCUT2D eigenvalue weighted by molar-refractivity contribution is 0.119. The van der Waals surface area contributed by atoms with Crippen molar-refractivity contribution in [3.05, 3.63) is 29.3 Å². The summed E-state index contributed by atoms with van der Waals surface area (Å²) in [4.78, 5) is 9.34. The normalized spacial score (nSPS) is 19.5. The van der Waals surface area contributed by atoms with Crippen LogP contribution in [0.1, 0.15) is 56.1 Å². The molecule has 0 atom stereocenters. The molecule has 2 aliphatic rings. The maximum absolute atomic E-state index is 4.45. The van der Waals surface area contributed by atoms with Crippen molar-refractivity contribution in [1.82, 2.24) is 15.5 Å². The molecule has 1 saturated heterocycles. The fourth-order valence-corrected chi connectivity index (χ4v) is 4.58. The summed E-state index contributed by atoms with van der Waals surface area (Å²) >= 11 is 0. The van der Waals surface area contributed by atoms with Gasteiger partial charge in [-0.15, -0.1) is 24.0 Å². The third kappa shape index (κ3) is 7.02. The number of hydrogen-bond donors (Lipinski definition) is 2. The minimum absolute atomic E-state index is 0. The van der Waals surface area contributed by atoms with Gasteiger partial charge in [0.05, 0.1) is 0 Å². The first-order valence-corrected chi connectivity index (χ1v) is 11.0. The Bertz CT molecular complexity index is 647. The van der Waals surface area contributed by atoms with Gasteiger partial charge >= 0.3 is 0 Å². The van der Waals surface area contributed by atoms with Gasteiger partial charge in [-0.25, -0.2) is 0 Å². The average Bonchev–Trinajstić information content (AvgIpc) is 2.72. The van der Waals surface area contributed by atoms with Gasteiger partial charge in [0.1, 0.15) is 0 Å². The van der Waals surface area contributed by atoms with Gasteiger partial charge in [0.15, 0.2) is 5.96 Å². The van der Waals surface area contributed by atoms with Crippen molar-refractivity contribution < 1.29 is 0 Å². The molecule has 1 heterocycles. The SMILES string of the molecule is CN=C(NCc1ccc(N(C)C)cc1C)NC1CCN(C2CCCCC2)CC1.I. The molecule has 164 valence electrons.